The number of hydrogen-bond donors (Lipinski definition) is 0. The molecular formula is C9H12BrN3O. The molecule has 0 aromatic carbocycles. The van der Waals surface area contributed by atoms with Crippen molar-refractivity contribution in [2.75, 3.05) is 25.2 Å². The van der Waals surface area contributed by atoms with E-state index in [1.165, 1.54) is 0 Å². The van der Waals surface area contributed by atoms with Crippen LogP contribution in [0, 0.1) is 0 Å². The van der Waals surface area contributed by atoms with Gasteiger partial charge in [-0.25, -0.2) is 9.97 Å². The molecular weight excluding hydrogens is 246 g/mol. The lowest BCUT2D eigenvalue weighted by Gasteiger charge is -2.24. The van der Waals surface area contributed by atoms with E-state index in [4.69, 9.17) is 4.74 Å². The van der Waals surface area contributed by atoms with Crippen molar-refractivity contribution in [3.05, 3.63) is 17.0 Å². The quantitative estimate of drug-likeness (QED) is 0.805. The van der Waals surface area contributed by atoms with Gasteiger partial charge in [-0.05, 0) is 22.4 Å². The molecule has 0 amide bonds. The number of hydrogen-bond acceptors (Lipinski definition) is 4. The predicted octanol–water partition coefficient (Wildman–Crippen LogP) is 1.46. The number of anilines is 1. The Labute approximate surface area is 91.4 Å². The summed E-state index contributed by atoms with van der Waals surface area (Å²) in [4.78, 5) is 10.3. The van der Waals surface area contributed by atoms with Crippen molar-refractivity contribution in [1.29, 1.82) is 0 Å². The van der Waals surface area contributed by atoms with Crippen molar-refractivity contribution < 1.29 is 4.74 Å². The second-order valence-corrected chi connectivity index (χ2v) is 4.18. The molecule has 2 rings (SSSR count). The van der Waals surface area contributed by atoms with Gasteiger partial charge in [-0.15, -0.1) is 0 Å². The van der Waals surface area contributed by atoms with Gasteiger partial charge in [0.1, 0.15) is 12.1 Å². The van der Waals surface area contributed by atoms with E-state index in [0.29, 0.717) is 6.04 Å². The first kappa shape index (κ1) is 9.86. The second-order valence-electron chi connectivity index (χ2n) is 3.32. The Bertz CT molecular complexity index is 315. The van der Waals surface area contributed by atoms with Crippen LogP contribution in [0.2, 0.25) is 0 Å². The molecule has 1 saturated heterocycles. The molecule has 1 unspecified atom stereocenters. The third kappa shape index (κ3) is 1.88. The van der Waals surface area contributed by atoms with Crippen LogP contribution in [-0.4, -0.2) is 36.3 Å². The summed E-state index contributed by atoms with van der Waals surface area (Å²) in [6.45, 7) is 1.63. The van der Waals surface area contributed by atoms with Crippen LogP contribution in [0.4, 0.5) is 5.82 Å². The monoisotopic (exact) mass is 257 g/mol. The molecule has 1 atom stereocenters. The highest BCUT2D eigenvalue weighted by Crippen LogP contribution is 2.24. The molecule has 1 aromatic rings. The number of halogens is 1. The molecule has 1 aliphatic rings. The van der Waals surface area contributed by atoms with Crippen molar-refractivity contribution in [1.82, 2.24) is 9.97 Å². The van der Waals surface area contributed by atoms with Gasteiger partial charge in [-0.1, -0.05) is 0 Å². The number of ether oxygens (including phenoxy) is 1. The van der Waals surface area contributed by atoms with Crippen molar-refractivity contribution in [3.8, 4) is 0 Å². The Morgan fingerprint density at radius 2 is 2.50 bits per heavy atom. The van der Waals surface area contributed by atoms with E-state index in [9.17, 15) is 0 Å². The minimum Gasteiger partial charge on any atom is -0.379 e. The standard InChI is InChI=1S/C9H12BrN3O/c1-13(7-2-3-14-5-7)9-8(10)4-11-6-12-9/h4,6-7H,2-3,5H2,1H3. The molecule has 0 radical (unpaired) electrons. The highest BCUT2D eigenvalue weighted by atomic mass is 79.9. The SMILES string of the molecule is CN(c1ncncc1Br)C1CCOC1. The Morgan fingerprint density at radius 1 is 1.64 bits per heavy atom. The maximum absolute atomic E-state index is 5.34. The maximum atomic E-state index is 5.34. The second kappa shape index (κ2) is 4.23. The average molecular weight is 258 g/mol. The summed E-state index contributed by atoms with van der Waals surface area (Å²) in [7, 11) is 2.03. The highest BCUT2D eigenvalue weighted by Gasteiger charge is 2.22. The highest BCUT2D eigenvalue weighted by molar-refractivity contribution is 9.10. The summed E-state index contributed by atoms with van der Waals surface area (Å²) in [6.07, 6.45) is 4.38. The molecule has 1 fully saturated rings. The normalized spacial score (nSPS) is 21.1. The molecule has 5 heteroatoms. The first-order chi connectivity index (χ1) is 6.79. The van der Waals surface area contributed by atoms with Gasteiger partial charge in [0, 0.05) is 19.9 Å². The minimum atomic E-state index is 0.432. The Hall–Kier alpha value is -0.680. The third-order valence-corrected chi connectivity index (χ3v) is 3.00. The van der Waals surface area contributed by atoms with Crippen molar-refractivity contribution >= 4 is 21.7 Å². The molecule has 4 nitrogen and oxygen atoms in total. The van der Waals surface area contributed by atoms with Crippen LogP contribution in [0.15, 0.2) is 17.0 Å². The van der Waals surface area contributed by atoms with Crippen molar-refractivity contribution in [3.63, 3.8) is 0 Å². The molecule has 0 aliphatic carbocycles. The molecule has 76 valence electrons. The molecule has 14 heavy (non-hydrogen) atoms. The first-order valence-electron chi connectivity index (χ1n) is 4.55. The third-order valence-electron chi connectivity index (χ3n) is 2.44. The summed E-state index contributed by atoms with van der Waals surface area (Å²) >= 11 is 3.44. The van der Waals surface area contributed by atoms with Gasteiger partial charge in [0.25, 0.3) is 0 Å². The van der Waals surface area contributed by atoms with Gasteiger partial charge in [0.2, 0.25) is 0 Å². The fourth-order valence-corrected chi connectivity index (χ4v) is 2.07. The van der Waals surface area contributed by atoms with Gasteiger partial charge >= 0.3 is 0 Å². The zero-order chi connectivity index (χ0) is 9.97. The van der Waals surface area contributed by atoms with Crippen LogP contribution in [-0.2, 0) is 4.74 Å². The lowest BCUT2D eigenvalue weighted by atomic mass is 10.2. The van der Waals surface area contributed by atoms with Gasteiger partial charge in [0.05, 0.1) is 17.1 Å². The summed E-state index contributed by atoms with van der Waals surface area (Å²) < 4.78 is 6.26. The fourth-order valence-electron chi connectivity index (χ4n) is 1.57. The van der Waals surface area contributed by atoms with E-state index in [1.54, 1.807) is 12.5 Å². The lowest BCUT2D eigenvalue weighted by Crippen LogP contribution is -2.32. The molecule has 0 spiro atoms. The first-order valence-corrected chi connectivity index (χ1v) is 5.34. The molecule has 0 bridgehead atoms. The Kier molecular flexibility index (Phi) is 2.98. The molecule has 1 aliphatic heterocycles. The Morgan fingerprint density at radius 3 is 3.14 bits per heavy atom. The summed E-state index contributed by atoms with van der Waals surface area (Å²) in [5.74, 6) is 0.926. The number of likely N-dealkylation sites (N-methyl/N-ethyl adjacent to an activating group) is 1. The zero-order valence-corrected chi connectivity index (χ0v) is 9.57. The van der Waals surface area contributed by atoms with E-state index in [1.807, 2.05) is 7.05 Å². The summed E-state index contributed by atoms with van der Waals surface area (Å²) in [5.41, 5.74) is 0. The van der Waals surface area contributed by atoms with E-state index in [-0.39, 0.29) is 0 Å². The Balaban J connectivity index is 2.17. The number of rotatable bonds is 2. The topological polar surface area (TPSA) is 38.2 Å². The lowest BCUT2D eigenvalue weighted by molar-refractivity contribution is 0.193. The van der Waals surface area contributed by atoms with E-state index >= 15 is 0 Å². The molecule has 0 N–H and O–H groups in total. The van der Waals surface area contributed by atoms with Crippen molar-refractivity contribution in [2.45, 2.75) is 12.5 Å². The predicted molar refractivity (Wildman–Crippen MR) is 57.4 cm³/mol. The van der Waals surface area contributed by atoms with Crippen LogP contribution >= 0.6 is 15.9 Å². The number of aromatic nitrogens is 2. The molecule has 1 aromatic heterocycles. The summed E-state index contributed by atoms with van der Waals surface area (Å²) in [5, 5.41) is 0. The van der Waals surface area contributed by atoms with Crippen LogP contribution in [0.3, 0.4) is 0 Å². The van der Waals surface area contributed by atoms with Gasteiger partial charge in [-0.2, -0.15) is 0 Å². The maximum Gasteiger partial charge on any atom is 0.146 e. The minimum absolute atomic E-state index is 0.432. The van der Waals surface area contributed by atoms with Crippen molar-refractivity contribution in [2.24, 2.45) is 0 Å². The van der Waals surface area contributed by atoms with Gasteiger partial charge in [0.15, 0.2) is 0 Å². The zero-order valence-electron chi connectivity index (χ0n) is 7.98. The largest absolute Gasteiger partial charge is 0.379 e. The average Bonchev–Trinajstić information content (AvgIpc) is 2.70. The van der Waals surface area contributed by atoms with Gasteiger partial charge < -0.3 is 9.64 Å². The summed E-state index contributed by atoms with van der Waals surface area (Å²) in [6, 6.07) is 0.432. The van der Waals surface area contributed by atoms with E-state index < -0.39 is 0 Å². The molecule has 0 saturated carbocycles. The number of nitrogens with zero attached hydrogens (tertiary/aromatic N) is 3. The smallest absolute Gasteiger partial charge is 0.146 e. The van der Waals surface area contributed by atoms with E-state index in [2.05, 4.69) is 30.8 Å². The molecule has 2 heterocycles. The van der Waals surface area contributed by atoms with Crippen LogP contribution in [0.1, 0.15) is 6.42 Å². The van der Waals surface area contributed by atoms with E-state index in [0.717, 1.165) is 29.9 Å². The van der Waals surface area contributed by atoms with Crippen LogP contribution in [0.5, 0.6) is 0 Å². The van der Waals surface area contributed by atoms with Crippen LogP contribution in [0.25, 0.3) is 0 Å². The fraction of sp³-hybridized carbons (Fsp3) is 0.556. The van der Waals surface area contributed by atoms with Crippen LogP contribution < -0.4 is 4.90 Å². The van der Waals surface area contributed by atoms with Gasteiger partial charge in [-0.3, -0.25) is 0 Å².